The zero-order valence-corrected chi connectivity index (χ0v) is 11.0. The Morgan fingerprint density at radius 3 is 2.79 bits per heavy atom. The Balaban J connectivity index is 2.08. The Morgan fingerprint density at radius 1 is 1.43 bits per heavy atom. The predicted molar refractivity (Wildman–Crippen MR) is 66.9 cm³/mol. The van der Waals surface area contributed by atoms with Crippen LogP contribution in [0.15, 0.2) is 15.9 Å². The van der Waals surface area contributed by atoms with Crippen LogP contribution in [0.3, 0.4) is 0 Å². The first kappa shape index (κ1) is 12.2. The lowest BCUT2D eigenvalue weighted by molar-refractivity contribution is 0.557. The highest BCUT2D eigenvalue weighted by Gasteiger charge is 1.99. The van der Waals surface area contributed by atoms with E-state index >= 15 is 0 Å². The van der Waals surface area contributed by atoms with Gasteiger partial charge in [-0.2, -0.15) is 0 Å². The fourth-order valence-electron chi connectivity index (χ4n) is 1.10. The molecular formula is C10H17BrN2S. The highest BCUT2D eigenvalue weighted by molar-refractivity contribution is 9.10. The highest BCUT2D eigenvalue weighted by Crippen LogP contribution is 2.21. The molecule has 0 aliphatic rings. The number of hydrogen-bond acceptors (Lipinski definition) is 3. The third-order valence-electron chi connectivity index (χ3n) is 1.83. The van der Waals surface area contributed by atoms with Gasteiger partial charge in [0.15, 0.2) is 0 Å². The van der Waals surface area contributed by atoms with Crippen LogP contribution < -0.4 is 10.6 Å². The summed E-state index contributed by atoms with van der Waals surface area (Å²) in [6.07, 6.45) is 0. The zero-order chi connectivity index (χ0) is 10.4. The average Bonchev–Trinajstić information content (AvgIpc) is 2.51. The Hall–Kier alpha value is 0.100. The summed E-state index contributed by atoms with van der Waals surface area (Å²) in [5.74, 6) is 0. The van der Waals surface area contributed by atoms with Crippen molar-refractivity contribution in [1.29, 1.82) is 0 Å². The van der Waals surface area contributed by atoms with E-state index < -0.39 is 0 Å². The molecule has 1 heterocycles. The maximum Gasteiger partial charge on any atom is 0.0327 e. The SMILES string of the molecule is CC(C)NCCNCc1sccc1Br. The number of thiophene rings is 1. The molecule has 0 atom stereocenters. The van der Waals surface area contributed by atoms with Crippen LogP contribution >= 0.6 is 27.3 Å². The summed E-state index contributed by atoms with van der Waals surface area (Å²) in [6, 6.07) is 2.67. The summed E-state index contributed by atoms with van der Waals surface area (Å²) in [4.78, 5) is 1.37. The van der Waals surface area contributed by atoms with Crippen LogP contribution in [-0.4, -0.2) is 19.1 Å². The van der Waals surface area contributed by atoms with Gasteiger partial charge in [-0.1, -0.05) is 13.8 Å². The van der Waals surface area contributed by atoms with Crippen LogP contribution in [0.2, 0.25) is 0 Å². The fraction of sp³-hybridized carbons (Fsp3) is 0.600. The molecule has 2 nitrogen and oxygen atoms in total. The van der Waals surface area contributed by atoms with Crippen LogP contribution in [-0.2, 0) is 6.54 Å². The van der Waals surface area contributed by atoms with Gasteiger partial charge in [-0.25, -0.2) is 0 Å². The van der Waals surface area contributed by atoms with E-state index in [4.69, 9.17) is 0 Å². The summed E-state index contributed by atoms with van der Waals surface area (Å²) in [5.41, 5.74) is 0. The monoisotopic (exact) mass is 276 g/mol. The minimum atomic E-state index is 0.574. The number of nitrogens with one attached hydrogen (secondary N) is 2. The molecule has 1 rings (SSSR count). The van der Waals surface area contributed by atoms with E-state index in [2.05, 4.69) is 51.9 Å². The van der Waals surface area contributed by atoms with Gasteiger partial charge in [-0.3, -0.25) is 0 Å². The van der Waals surface area contributed by atoms with E-state index in [1.807, 2.05) is 0 Å². The van der Waals surface area contributed by atoms with Crippen molar-refractivity contribution in [3.8, 4) is 0 Å². The molecule has 14 heavy (non-hydrogen) atoms. The lowest BCUT2D eigenvalue weighted by Gasteiger charge is -2.08. The van der Waals surface area contributed by atoms with Crippen LogP contribution in [0.5, 0.6) is 0 Å². The minimum absolute atomic E-state index is 0.574. The Bertz CT molecular complexity index is 260. The van der Waals surface area contributed by atoms with E-state index in [1.165, 1.54) is 9.35 Å². The fourth-order valence-corrected chi connectivity index (χ4v) is 2.56. The van der Waals surface area contributed by atoms with E-state index in [-0.39, 0.29) is 0 Å². The topological polar surface area (TPSA) is 24.1 Å². The average molecular weight is 277 g/mol. The zero-order valence-electron chi connectivity index (χ0n) is 8.64. The van der Waals surface area contributed by atoms with Crippen molar-refractivity contribution in [3.63, 3.8) is 0 Å². The van der Waals surface area contributed by atoms with Gasteiger partial charge in [0, 0.05) is 35.0 Å². The number of halogens is 1. The Morgan fingerprint density at radius 2 is 2.21 bits per heavy atom. The molecule has 0 radical (unpaired) electrons. The van der Waals surface area contributed by atoms with Crippen molar-refractivity contribution in [2.24, 2.45) is 0 Å². The molecule has 0 saturated heterocycles. The van der Waals surface area contributed by atoms with Gasteiger partial charge in [-0.05, 0) is 27.4 Å². The lowest BCUT2D eigenvalue weighted by Crippen LogP contribution is -2.31. The molecule has 0 bridgehead atoms. The summed E-state index contributed by atoms with van der Waals surface area (Å²) >= 11 is 5.30. The predicted octanol–water partition coefficient (Wildman–Crippen LogP) is 2.60. The summed E-state index contributed by atoms with van der Waals surface area (Å²) in [6.45, 7) is 7.33. The van der Waals surface area contributed by atoms with E-state index in [9.17, 15) is 0 Å². The molecule has 1 aromatic rings. The summed E-state index contributed by atoms with van der Waals surface area (Å²) in [7, 11) is 0. The second-order valence-electron chi connectivity index (χ2n) is 3.48. The first-order valence-corrected chi connectivity index (χ1v) is 6.53. The van der Waals surface area contributed by atoms with Crippen LogP contribution in [0.4, 0.5) is 0 Å². The van der Waals surface area contributed by atoms with Gasteiger partial charge in [0.25, 0.3) is 0 Å². The van der Waals surface area contributed by atoms with Gasteiger partial charge in [-0.15, -0.1) is 11.3 Å². The van der Waals surface area contributed by atoms with Gasteiger partial charge in [0.2, 0.25) is 0 Å². The molecule has 2 N–H and O–H groups in total. The molecule has 0 unspecified atom stereocenters. The van der Waals surface area contributed by atoms with Crippen molar-refractivity contribution < 1.29 is 0 Å². The molecule has 0 amide bonds. The molecule has 1 aromatic heterocycles. The smallest absolute Gasteiger partial charge is 0.0327 e. The molecule has 0 fully saturated rings. The van der Waals surface area contributed by atoms with Crippen molar-refractivity contribution >= 4 is 27.3 Å². The number of rotatable bonds is 6. The quantitative estimate of drug-likeness (QED) is 0.781. The molecule has 0 aliphatic heterocycles. The maximum absolute atomic E-state index is 3.51. The van der Waals surface area contributed by atoms with E-state index in [0.717, 1.165) is 19.6 Å². The Kier molecular flexibility index (Phi) is 5.70. The molecule has 0 aliphatic carbocycles. The first-order valence-electron chi connectivity index (χ1n) is 4.86. The van der Waals surface area contributed by atoms with Gasteiger partial charge < -0.3 is 10.6 Å². The largest absolute Gasteiger partial charge is 0.313 e. The molecule has 0 spiro atoms. The van der Waals surface area contributed by atoms with Crippen molar-refractivity contribution in [2.45, 2.75) is 26.4 Å². The Labute approximate surface area is 98.2 Å². The van der Waals surface area contributed by atoms with Crippen LogP contribution in [0.1, 0.15) is 18.7 Å². The summed E-state index contributed by atoms with van der Waals surface area (Å²) < 4.78 is 1.21. The second kappa shape index (κ2) is 6.56. The third-order valence-corrected chi connectivity index (χ3v) is 3.76. The molecule has 4 heteroatoms. The van der Waals surface area contributed by atoms with Crippen LogP contribution in [0, 0.1) is 0 Å². The normalized spacial score (nSPS) is 11.1. The first-order chi connectivity index (χ1) is 6.70. The number of hydrogen-bond donors (Lipinski definition) is 2. The van der Waals surface area contributed by atoms with Crippen molar-refractivity contribution in [2.75, 3.05) is 13.1 Å². The van der Waals surface area contributed by atoms with Gasteiger partial charge >= 0.3 is 0 Å². The summed E-state index contributed by atoms with van der Waals surface area (Å²) in [5, 5.41) is 8.88. The van der Waals surface area contributed by atoms with E-state index in [0.29, 0.717) is 6.04 Å². The standard InChI is InChI=1S/C10H17BrN2S/c1-8(2)13-5-4-12-7-10-9(11)3-6-14-10/h3,6,8,12-13H,4-5,7H2,1-2H3. The lowest BCUT2D eigenvalue weighted by atomic mass is 10.4. The minimum Gasteiger partial charge on any atom is -0.313 e. The highest BCUT2D eigenvalue weighted by atomic mass is 79.9. The molecule has 0 aromatic carbocycles. The van der Waals surface area contributed by atoms with Gasteiger partial charge in [0.05, 0.1) is 0 Å². The van der Waals surface area contributed by atoms with Gasteiger partial charge in [0.1, 0.15) is 0 Å². The third kappa shape index (κ3) is 4.55. The second-order valence-corrected chi connectivity index (χ2v) is 5.33. The molecule has 80 valence electrons. The van der Waals surface area contributed by atoms with Crippen molar-refractivity contribution in [1.82, 2.24) is 10.6 Å². The van der Waals surface area contributed by atoms with Crippen molar-refractivity contribution in [3.05, 3.63) is 20.8 Å². The van der Waals surface area contributed by atoms with Crippen LogP contribution in [0.25, 0.3) is 0 Å². The molecule has 0 saturated carbocycles. The maximum atomic E-state index is 3.51. The molecular weight excluding hydrogens is 260 g/mol. The van der Waals surface area contributed by atoms with E-state index in [1.54, 1.807) is 11.3 Å².